The molecule has 0 spiro atoms. The fourth-order valence-corrected chi connectivity index (χ4v) is 0.434. The number of nitrogens with one attached hydrogen (secondary N) is 1. The van der Waals surface area contributed by atoms with E-state index in [0.29, 0.717) is 0 Å². The number of hydrogen-bond donors (Lipinski definition) is 1. The molecule has 0 saturated heterocycles. The van der Waals surface area contributed by atoms with Gasteiger partial charge >= 0.3 is 0 Å². The summed E-state index contributed by atoms with van der Waals surface area (Å²) in [4.78, 5) is 2.88. The molecular weight excluding hydrogens is 86.1 g/mol. The highest BCUT2D eigenvalue weighted by Crippen LogP contribution is 1.92. The van der Waals surface area contributed by atoms with Crippen LogP contribution in [0.1, 0.15) is 5.56 Å². The summed E-state index contributed by atoms with van der Waals surface area (Å²) in [5.74, 6) is 0. The number of rotatable bonds is 1. The molecule has 0 atom stereocenters. The van der Waals surface area contributed by atoms with E-state index in [1.54, 1.807) is 0 Å². The molecule has 1 rings (SSSR count). The molecule has 1 aromatic rings. The van der Waals surface area contributed by atoms with Crippen molar-refractivity contribution in [2.45, 2.75) is 0 Å². The first-order chi connectivity index (χ1) is 3.43. The largest absolute Gasteiger partial charge is 0.367 e. The van der Waals surface area contributed by atoms with Gasteiger partial charge in [-0.3, -0.25) is 0 Å². The molecule has 1 heterocycles. The van der Waals surface area contributed by atoms with Gasteiger partial charge in [0.15, 0.2) is 0 Å². The highest BCUT2D eigenvalue weighted by Gasteiger charge is 1.78. The van der Waals surface area contributed by atoms with E-state index in [2.05, 4.69) is 17.6 Å². The fourth-order valence-electron chi connectivity index (χ4n) is 0.434. The van der Waals surface area contributed by atoms with Crippen LogP contribution in [-0.4, -0.2) is 4.98 Å². The predicted octanol–water partition coefficient (Wildman–Crippen LogP) is 1.35. The molecule has 0 saturated carbocycles. The number of aromatic amines is 1. The fraction of sp³-hybridized carbons (Fsp3) is 0. The minimum atomic E-state index is 1.01. The van der Waals surface area contributed by atoms with Crippen molar-refractivity contribution in [1.29, 1.82) is 0 Å². The summed E-state index contributed by atoms with van der Waals surface area (Å²) in [5.41, 5.74) is 1.01. The number of H-pyrrole nitrogens is 1. The van der Waals surface area contributed by atoms with E-state index in [9.17, 15) is 0 Å². The van der Waals surface area contributed by atoms with Gasteiger partial charge in [0, 0.05) is 12.4 Å². The minimum Gasteiger partial charge on any atom is -0.367 e. The van der Waals surface area contributed by atoms with Crippen LogP contribution in [0, 0.1) is 6.08 Å². The van der Waals surface area contributed by atoms with Crippen molar-refractivity contribution in [3.8, 4) is 0 Å². The summed E-state index contributed by atoms with van der Waals surface area (Å²) in [6, 6.07) is 1.91. The maximum atomic E-state index is 3.46. The lowest BCUT2D eigenvalue weighted by Crippen LogP contribution is -1.56. The van der Waals surface area contributed by atoms with Gasteiger partial charge in [-0.1, -0.05) is 6.58 Å². The molecule has 0 amide bonds. The smallest absolute Gasteiger partial charge is 0.00841 e. The molecule has 1 aromatic heterocycles. The van der Waals surface area contributed by atoms with Crippen molar-refractivity contribution >= 4 is 0 Å². The third-order valence-electron chi connectivity index (χ3n) is 0.802. The zero-order valence-corrected chi connectivity index (χ0v) is 3.94. The summed E-state index contributed by atoms with van der Waals surface area (Å²) in [6.07, 6.45) is 6.41. The lowest BCUT2D eigenvalue weighted by atomic mass is 10.3. The Balaban J connectivity index is 2.96. The third-order valence-corrected chi connectivity index (χ3v) is 0.802. The molecular formula is C6H6N. The average molecular weight is 92.1 g/mol. The quantitative estimate of drug-likeness (QED) is 0.538. The van der Waals surface area contributed by atoms with Gasteiger partial charge in [0.1, 0.15) is 0 Å². The average Bonchev–Trinajstić information content (AvgIpc) is 2.14. The van der Waals surface area contributed by atoms with Gasteiger partial charge in [-0.15, -0.1) is 0 Å². The summed E-state index contributed by atoms with van der Waals surface area (Å²) in [5, 5.41) is 0. The second kappa shape index (κ2) is 1.65. The van der Waals surface area contributed by atoms with Gasteiger partial charge in [-0.2, -0.15) is 0 Å². The van der Waals surface area contributed by atoms with Crippen LogP contribution in [0.15, 0.2) is 25.0 Å². The lowest BCUT2D eigenvalue weighted by molar-refractivity contribution is 1.40. The van der Waals surface area contributed by atoms with Crippen molar-refractivity contribution < 1.29 is 0 Å². The van der Waals surface area contributed by atoms with E-state index in [1.807, 2.05) is 18.5 Å². The van der Waals surface area contributed by atoms with Gasteiger partial charge < -0.3 is 4.98 Å². The minimum absolute atomic E-state index is 1.01. The van der Waals surface area contributed by atoms with E-state index in [-0.39, 0.29) is 0 Å². The maximum Gasteiger partial charge on any atom is 0.00841 e. The van der Waals surface area contributed by atoms with Crippen molar-refractivity contribution in [3.63, 3.8) is 0 Å². The Morgan fingerprint density at radius 3 is 2.86 bits per heavy atom. The van der Waals surface area contributed by atoms with Gasteiger partial charge in [-0.05, 0) is 17.7 Å². The monoisotopic (exact) mass is 92.1 g/mol. The van der Waals surface area contributed by atoms with E-state index >= 15 is 0 Å². The van der Waals surface area contributed by atoms with E-state index in [1.165, 1.54) is 0 Å². The molecule has 0 aromatic carbocycles. The zero-order valence-electron chi connectivity index (χ0n) is 3.94. The molecule has 0 unspecified atom stereocenters. The molecule has 1 nitrogen and oxygen atoms in total. The van der Waals surface area contributed by atoms with Crippen LogP contribution in [0.25, 0.3) is 0 Å². The van der Waals surface area contributed by atoms with E-state index in [4.69, 9.17) is 0 Å². The molecule has 0 aliphatic carbocycles. The highest BCUT2D eigenvalue weighted by molar-refractivity contribution is 5.14. The first-order valence-corrected chi connectivity index (χ1v) is 2.09. The van der Waals surface area contributed by atoms with Crippen molar-refractivity contribution in [2.75, 3.05) is 0 Å². The van der Waals surface area contributed by atoms with Gasteiger partial charge in [0.05, 0.1) is 0 Å². The van der Waals surface area contributed by atoms with Crippen LogP contribution in [0.2, 0.25) is 0 Å². The molecule has 1 radical (unpaired) electrons. The molecule has 35 valence electrons. The standard InChI is InChI=1S/C6H6N/c1-2-6-3-4-7-5-6/h3-5,7H,1H2. The Labute approximate surface area is 42.7 Å². The SMILES string of the molecule is C=[C]c1cc[nH]c1. The highest BCUT2D eigenvalue weighted by atomic mass is 14.6. The van der Waals surface area contributed by atoms with Crippen LogP contribution in [0.3, 0.4) is 0 Å². The first-order valence-electron chi connectivity index (χ1n) is 2.09. The Morgan fingerprint density at radius 2 is 2.57 bits per heavy atom. The normalized spacial score (nSPS) is 8.57. The van der Waals surface area contributed by atoms with E-state index in [0.717, 1.165) is 5.56 Å². The van der Waals surface area contributed by atoms with Crippen LogP contribution in [0.5, 0.6) is 0 Å². The predicted molar refractivity (Wildman–Crippen MR) is 28.8 cm³/mol. The van der Waals surface area contributed by atoms with E-state index < -0.39 is 0 Å². The number of hydrogen-bond acceptors (Lipinski definition) is 0. The number of aromatic nitrogens is 1. The van der Waals surface area contributed by atoms with Crippen LogP contribution in [-0.2, 0) is 0 Å². The second-order valence-electron chi connectivity index (χ2n) is 1.28. The molecule has 0 aliphatic rings. The summed E-state index contributed by atoms with van der Waals surface area (Å²) in [6.45, 7) is 3.46. The van der Waals surface area contributed by atoms with Gasteiger partial charge in [0.25, 0.3) is 0 Å². The van der Waals surface area contributed by atoms with Crippen LogP contribution in [0.4, 0.5) is 0 Å². The summed E-state index contributed by atoms with van der Waals surface area (Å²) >= 11 is 0. The van der Waals surface area contributed by atoms with Crippen LogP contribution >= 0.6 is 0 Å². The van der Waals surface area contributed by atoms with Crippen LogP contribution < -0.4 is 0 Å². The zero-order chi connectivity index (χ0) is 5.11. The third kappa shape index (κ3) is 0.712. The Bertz CT molecular complexity index is 139. The molecule has 7 heavy (non-hydrogen) atoms. The Morgan fingerprint density at radius 1 is 1.71 bits per heavy atom. The Hall–Kier alpha value is -0.980. The molecule has 0 fully saturated rings. The van der Waals surface area contributed by atoms with Gasteiger partial charge in [-0.25, -0.2) is 0 Å². The van der Waals surface area contributed by atoms with Crippen molar-refractivity contribution in [2.24, 2.45) is 0 Å². The second-order valence-corrected chi connectivity index (χ2v) is 1.28. The molecule has 0 aliphatic heterocycles. The van der Waals surface area contributed by atoms with Gasteiger partial charge in [0.2, 0.25) is 0 Å². The maximum absolute atomic E-state index is 3.46. The Kier molecular flexibility index (Phi) is 0.984. The lowest BCUT2D eigenvalue weighted by Gasteiger charge is -1.69. The van der Waals surface area contributed by atoms with Crippen molar-refractivity contribution in [3.05, 3.63) is 36.7 Å². The first kappa shape index (κ1) is 4.19. The molecule has 1 N–H and O–H groups in total. The van der Waals surface area contributed by atoms with Crippen molar-refractivity contribution in [1.82, 2.24) is 4.98 Å². The summed E-state index contributed by atoms with van der Waals surface area (Å²) < 4.78 is 0. The molecule has 1 heteroatoms. The summed E-state index contributed by atoms with van der Waals surface area (Å²) in [7, 11) is 0. The molecule has 0 bridgehead atoms. The topological polar surface area (TPSA) is 15.8 Å².